The Balaban J connectivity index is 2.27. The van der Waals surface area contributed by atoms with Crippen LogP contribution in [0.4, 0.5) is 0 Å². The Kier molecular flexibility index (Phi) is 4.89. The summed E-state index contributed by atoms with van der Waals surface area (Å²) >= 11 is 3.29. The SMILES string of the molecule is CCS(=O)(=O)CCn1cc(C=O)c(-c2ccc(Br)cn2)n1. The van der Waals surface area contributed by atoms with Gasteiger partial charge in [-0.25, -0.2) is 8.42 Å². The minimum absolute atomic E-state index is 0.00329. The number of hydrogen-bond acceptors (Lipinski definition) is 5. The van der Waals surface area contributed by atoms with Crippen molar-refractivity contribution in [3.05, 3.63) is 34.6 Å². The Hall–Kier alpha value is -1.54. The van der Waals surface area contributed by atoms with Crippen LogP contribution < -0.4 is 0 Å². The molecule has 0 amide bonds. The van der Waals surface area contributed by atoms with Crippen LogP contribution in [-0.4, -0.2) is 41.0 Å². The van der Waals surface area contributed by atoms with E-state index in [1.54, 1.807) is 25.3 Å². The van der Waals surface area contributed by atoms with Gasteiger partial charge in [-0.3, -0.25) is 14.5 Å². The molecule has 0 unspecified atom stereocenters. The van der Waals surface area contributed by atoms with Crippen molar-refractivity contribution in [2.24, 2.45) is 0 Å². The van der Waals surface area contributed by atoms with Crippen molar-refractivity contribution in [1.29, 1.82) is 0 Å². The summed E-state index contributed by atoms with van der Waals surface area (Å²) in [6.07, 6.45) is 3.85. The van der Waals surface area contributed by atoms with Crippen LogP contribution in [-0.2, 0) is 16.4 Å². The van der Waals surface area contributed by atoms with E-state index < -0.39 is 9.84 Å². The Morgan fingerprint density at radius 2 is 2.14 bits per heavy atom. The lowest BCUT2D eigenvalue weighted by molar-refractivity contribution is 0.112. The number of aryl methyl sites for hydroxylation is 1. The van der Waals surface area contributed by atoms with E-state index in [1.807, 2.05) is 0 Å². The molecule has 6 nitrogen and oxygen atoms in total. The minimum atomic E-state index is -3.07. The topological polar surface area (TPSA) is 81.9 Å². The molecule has 8 heteroatoms. The van der Waals surface area contributed by atoms with Crippen molar-refractivity contribution >= 4 is 32.1 Å². The maximum atomic E-state index is 11.5. The zero-order chi connectivity index (χ0) is 15.5. The van der Waals surface area contributed by atoms with Gasteiger partial charge in [0.15, 0.2) is 16.1 Å². The molecule has 0 saturated carbocycles. The van der Waals surface area contributed by atoms with Crippen molar-refractivity contribution in [2.45, 2.75) is 13.5 Å². The lowest BCUT2D eigenvalue weighted by Crippen LogP contribution is -2.14. The third kappa shape index (κ3) is 3.98. The summed E-state index contributed by atoms with van der Waals surface area (Å²) in [5.74, 6) is 0.0899. The summed E-state index contributed by atoms with van der Waals surface area (Å²) < 4.78 is 25.3. The third-order valence-corrected chi connectivity index (χ3v) is 5.11. The Labute approximate surface area is 131 Å². The maximum Gasteiger partial charge on any atom is 0.153 e. The number of hydrogen-bond donors (Lipinski definition) is 0. The van der Waals surface area contributed by atoms with Gasteiger partial charge in [0.2, 0.25) is 0 Å². The second kappa shape index (κ2) is 6.48. The minimum Gasteiger partial charge on any atom is -0.298 e. The molecule has 0 saturated heterocycles. The Morgan fingerprint density at radius 3 is 2.71 bits per heavy atom. The van der Waals surface area contributed by atoms with Gasteiger partial charge in [-0.1, -0.05) is 6.92 Å². The van der Waals surface area contributed by atoms with Crippen LogP contribution >= 0.6 is 15.9 Å². The Bertz CT molecular complexity index is 739. The van der Waals surface area contributed by atoms with Crippen LogP contribution in [0.15, 0.2) is 29.0 Å². The van der Waals surface area contributed by atoms with Crippen LogP contribution in [0.2, 0.25) is 0 Å². The standard InChI is InChI=1S/C13H14BrN3O3S/c1-2-21(19,20)6-5-17-8-10(9-18)13(16-17)12-4-3-11(14)7-15-12/h3-4,7-9H,2,5-6H2,1H3. The van der Waals surface area contributed by atoms with Crippen molar-refractivity contribution in [2.75, 3.05) is 11.5 Å². The molecule has 21 heavy (non-hydrogen) atoms. The summed E-state index contributed by atoms with van der Waals surface area (Å²) in [7, 11) is -3.07. The first-order valence-electron chi connectivity index (χ1n) is 6.30. The average Bonchev–Trinajstić information content (AvgIpc) is 2.89. The summed E-state index contributed by atoms with van der Waals surface area (Å²) in [4.78, 5) is 15.3. The lowest BCUT2D eigenvalue weighted by Gasteiger charge is -2.01. The number of carbonyl (C=O) groups excluding carboxylic acids is 1. The van der Waals surface area contributed by atoms with Gasteiger partial charge in [0, 0.05) is 22.6 Å². The van der Waals surface area contributed by atoms with E-state index in [4.69, 9.17) is 0 Å². The third-order valence-electron chi connectivity index (χ3n) is 2.96. The number of halogens is 1. The highest BCUT2D eigenvalue weighted by atomic mass is 79.9. The predicted molar refractivity (Wildman–Crippen MR) is 82.9 cm³/mol. The summed E-state index contributed by atoms with van der Waals surface area (Å²) in [5.41, 5.74) is 1.41. The summed E-state index contributed by atoms with van der Waals surface area (Å²) in [6, 6.07) is 3.55. The fraction of sp³-hybridized carbons (Fsp3) is 0.308. The molecular weight excluding hydrogens is 358 g/mol. The zero-order valence-corrected chi connectivity index (χ0v) is 13.8. The molecule has 0 radical (unpaired) electrons. The number of nitrogens with zero attached hydrogens (tertiary/aromatic N) is 3. The van der Waals surface area contributed by atoms with Crippen LogP contribution in [0.5, 0.6) is 0 Å². The molecular formula is C13H14BrN3O3S. The largest absolute Gasteiger partial charge is 0.298 e. The van der Waals surface area contributed by atoms with E-state index in [2.05, 4.69) is 26.0 Å². The molecule has 0 aliphatic heterocycles. The predicted octanol–water partition coefficient (Wildman–Crippen LogP) is 1.95. The van der Waals surface area contributed by atoms with Crippen molar-refractivity contribution < 1.29 is 13.2 Å². The summed E-state index contributed by atoms with van der Waals surface area (Å²) in [6.45, 7) is 1.82. The molecule has 0 fully saturated rings. The smallest absolute Gasteiger partial charge is 0.153 e. The van der Waals surface area contributed by atoms with E-state index in [0.29, 0.717) is 23.2 Å². The van der Waals surface area contributed by atoms with Crippen LogP contribution in [0.1, 0.15) is 17.3 Å². The van der Waals surface area contributed by atoms with Gasteiger partial charge in [0.1, 0.15) is 5.69 Å². The molecule has 0 spiro atoms. The highest BCUT2D eigenvalue weighted by molar-refractivity contribution is 9.10. The van der Waals surface area contributed by atoms with Gasteiger partial charge >= 0.3 is 0 Å². The molecule has 0 aliphatic rings. The lowest BCUT2D eigenvalue weighted by atomic mass is 10.2. The molecule has 0 aromatic carbocycles. The van der Waals surface area contributed by atoms with Crippen LogP contribution in [0.3, 0.4) is 0 Å². The molecule has 2 aromatic heterocycles. The van der Waals surface area contributed by atoms with E-state index in [-0.39, 0.29) is 18.1 Å². The first-order valence-corrected chi connectivity index (χ1v) is 8.91. The van der Waals surface area contributed by atoms with Gasteiger partial charge in [-0.2, -0.15) is 5.10 Å². The second-order valence-corrected chi connectivity index (χ2v) is 7.80. The molecule has 2 heterocycles. The van der Waals surface area contributed by atoms with Crippen molar-refractivity contribution in [3.8, 4) is 11.4 Å². The van der Waals surface area contributed by atoms with E-state index in [1.165, 1.54) is 10.9 Å². The molecule has 2 rings (SSSR count). The number of carbonyl (C=O) groups is 1. The molecule has 0 aliphatic carbocycles. The first-order chi connectivity index (χ1) is 9.95. The second-order valence-electron chi connectivity index (χ2n) is 4.41. The number of pyridine rings is 1. The van der Waals surface area contributed by atoms with E-state index in [0.717, 1.165) is 4.47 Å². The molecule has 0 N–H and O–H groups in total. The normalized spacial score (nSPS) is 11.5. The monoisotopic (exact) mass is 371 g/mol. The molecule has 2 aromatic rings. The van der Waals surface area contributed by atoms with Crippen molar-refractivity contribution in [1.82, 2.24) is 14.8 Å². The molecule has 0 atom stereocenters. The quantitative estimate of drug-likeness (QED) is 0.724. The van der Waals surface area contributed by atoms with Gasteiger partial charge in [0.25, 0.3) is 0 Å². The fourth-order valence-corrected chi connectivity index (χ4v) is 2.72. The first kappa shape index (κ1) is 15.8. The van der Waals surface area contributed by atoms with Gasteiger partial charge < -0.3 is 0 Å². The van der Waals surface area contributed by atoms with Crippen LogP contribution in [0.25, 0.3) is 11.4 Å². The number of aldehydes is 1. The van der Waals surface area contributed by atoms with Gasteiger partial charge in [-0.15, -0.1) is 0 Å². The fourth-order valence-electron chi connectivity index (χ4n) is 1.73. The average molecular weight is 372 g/mol. The summed E-state index contributed by atoms with van der Waals surface area (Å²) in [5, 5.41) is 4.26. The molecule has 112 valence electrons. The van der Waals surface area contributed by atoms with Gasteiger partial charge in [0.05, 0.1) is 23.6 Å². The zero-order valence-electron chi connectivity index (χ0n) is 11.4. The highest BCUT2D eigenvalue weighted by Gasteiger charge is 2.14. The molecule has 0 bridgehead atoms. The number of aromatic nitrogens is 3. The highest BCUT2D eigenvalue weighted by Crippen LogP contribution is 2.20. The number of rotatable bonds is 6. The maximum absolute atomic E-state index is 11.5. The van der Waals surface area contributed by atoms with E-state index >= 15 is 0 Å². The Morgan fingerprint density at radius 1 is 1.38 bits per heavy atom. The van der Waals surface area contributed by atoms with Crippen LogP contribution in [0, 0.1) is 0 Å². The van der Waals surface area contributed by atoms with Crippen molar-refractivity contribution in [3.63, 3.8) is 0 Å². The van der Waals surface area contributed by atoms with E-state index in [9.17, 15) is 13.2 Å². The van der Waals surface area contributed by atoms with Gasteiger partial charge in [-0.05, 0) is 28.1 Å². The number of sulfone groups is 1.